The second kappa shape index (κ2) is 10.5. The fraction of sp³-hybridized carbons (Fsp3) is 0.708. The number of halogens is 2. The van der Waals surface area contributed by atoms with Crippen LogP contribution in [0.5, 0.6) is 11.5 Å². The summed E-state index contributed by atoms with van der Waals surface area (Å²) in [6.45, 7) is 3.94. The Balaban J connectivity index is 1.61. The van der Waals surface area contributed by atoms with Crippen LogP contribution in [0.1, 0.15) is 84.5 Å². The monoisotopic (exact) mass is 424 g/mol. The van der Waals surface area contributed by atoms with Gasteiger partial charge in [-0.05, 0) is 63.0 Å². The van der Waals surface area contributed by atoms with Crippen molar-refractivity contribution in [1.29, 1.82) is 0 Å². The molecule has 0 aliphatic heterocycles. The highest BCUT2D eigenvalue weighted by atomic mass is 19.2. The zero-order valence-electron chi connectivity index (χ0n) is 18.2. The topological polar surface area (TPSA) is 44.8 Å². The summed E-state index contributed by atoms with van der Waals surface area (Å²) >= 11 is 0. The van der Waals surface area contributed by atoms with Crippen LogP contribution < -0.4 is 9.47 Å². The molecule has 168 valence electrons. The van der Waals surface area contributed by atoms with E-state index in [2.05, 4.69) is 6.92 Å². The van der Waals surface area contributed by atoms with Crippen LogP contribution in [-0.2, 0) is 4.74 Å². The van der Waals surface area contributed by atoms with Gasteiger partial charge < -0.3 is 14.2 Å². The van der Waals surface area contributed by atoms with Crippen molar-refractivity contribution in [3.05, 3.63) is 23.8 Å². The molecule has 0 amide bonds. The molecule has 0 unspecified atom stereocenters. The van der Waals surface area contributed by atoms with E-state index in [1.165, 1.54) is 44.2 Å². The average molecular weight is 425 g/mol. The van der Waals surface area contributed by atoms with E-state index in [0.717, 1.165) is 44.4 Å². The van der Waals surface area contributed by atoms with Gasteiger partial charge in [0.1, 0.15) is 5.60 Å². The second-order valence-corrected chi connectivity index (χ2v) is 8.75. The Morgan fingerprint density at radius 1 is 0.967 bits per heavy atom. The number of carbonyl (C=O) groups is 1. The van der Waals surface area contributed by atoms with Crippen molar-refractivity contribution in [2.24, 2.45) is 11.8 Å². The first kappa shape index (κ1) is 22.8. The number of hydrogen-bond donors (Lipinski definition) is 0. The average Bonchev–Trinajstić information content (AvgIpc) is 2.75. The summed E-state index contributed by atoms with van der Waals surface area (Å²) in [6.07, 6.45) is 11.0. The highest BCUT2D eigenvalue weighted by molar-refractivity contribution is 5.64. The molecule has 0 radical (unpaired) electrons. The van der Waals surface area contributed by atoms with Gasteiger partial charge in [-0.15, -0.1) is 0 Å². The zero-order valence-corrected chi connectivity index (χ0v) is 18.2. The maximum atomic E-state index is 14.2. The number of hydrogen-bond acceptors (Lipinski definition) is 4. The molecule has 4 nitrogen and oxygen atoms in total. The Morgan fingerprint density at radius 2 is 1.57 bits per heavy atom. The van der Waals surface area contributed by atoms with Gasteiger partial charge in [-0.1, -0.05) is 45.4 Å². The van der Waals surface area contributed by atoms with Crippen molar-refractivity contribution >= 4 is 6.16 Å². The van der Waals surface area contributed by atoms with Crippen molar-refractivity contribution in [1.82, 2.24) is 0 Å². The number of benzene rings is 1. The molecule has 2 saturated carbocycles. The maximum absolute atomic E-state index is 14.2. The fourth-order valence-electron chi connectivity index (χ4n) is 5.25. The molecule has 2 aliphatic rings. The fourth-order valence-corrected chi connectivity index (χ4v) is 5.25. The first-order chi connectivity index (χ1) is 14.5. The normalized spacial score (nSPS) is 25.0. The van der Waals surface area contributed by atoms with Gasteiger partial charge in [-0.25, -0.2) is 4.79 Å². The predicted molar refractivity (Wildman–Crippen MR) is 111 cm³/mol. The van der Waals surface area contributed by atoms with Gasteiger partial charge in [-0.3, -0.25) is 0 Å². The molecule has 0 spiro atoms. The lowest BCUT2D eigenvalue weighted by molar-refractivity contribution is -0.0579. The summed E-state index contributed by atoms with van der Waals surface area (Å²) in [4.78, 5) is 12.5. The summed E-state index contributed by atoms with van der Waals surface area (Å²) in [5, 5.41) is 0. The van der Waals surface area contributed by atoms with Crippen LogP contribution in [0.4, 0.5) is 13.6 Å². The number of ether oxygens (including phenoxy) is 3. The van der Waals surface area contributed by atoms with Crippen molar-refractivity contribution < 1.29 is 27.8 Å². The van der Waals surface area contributed by atoms with Crippen LogP contribution in [0, 0.1) is 23.5 Å². The summed E-state index contributed by atoms with van der Waals surface area (Å²) in [5.74, 6) is -1.61. The third-order valence-corrected chi connectivity index (χ3v) is 6.77. The van der Waals surface area contributed by atoms with Crippen LogP contribution in [0.25, 0.3) is 0 Å². The van der Waals surface area contributed by atoms with Crippen molar-refractivity contribution in [3.8, 4) is 11.5 Å². The minimum absolute atomic E-state index is 0.208. The largest absolute Gasteiger partial charge is 0.514 e. The molecule has 3 rings (SSSR count). The lowest BCUT2D eigenvalue weighted by atomic mass is 9.68. The molecular weight excluding hydrogens is 390 g/mol. The maximum Gasteiger partial charge on any atom is 0.514 e. The van der Waals surface area contributed by atoms with Crippen LogP contribution >= 0.6 is 0 Å². The molecule has 6 heteroatoms. The Kier molecular flexibility index (Phi) is 7.95. The minimum atomic E-state index is -1.25. The van der Waals surface area contributed by atoms with E-state index in [0.29, 0.717) is 5.92 Å². The van der Waals surface area contributed by atoms with E-state index >= 15 is 0 Å². The van der Waals surface area contributed by atoms with Crippen LogP contribution in [0.15, 0.2) is 12.1 Å². The molecule has 0 bridgehead atoms. The van der Waals surface area contributed by atoms with E-state index in [4.69, 9.17) is 14.2 Å². The van der Waals surface area contributed by atoms with E-state index in [1.54, 1.807) is 6.92 Å². The van der Waals surface area contributed by atoms with Crippen molar-refractivity contribution in [2.45, 2.75) is 90.1 Å². The van der Waals surface area contributed by atoms with E-state index < -0.39 is 29.1 Å². The quantitative estimate of drug-likeness (QED) is 0.343. The Bertz CT molecular complexity index is 707. The Morgan fingerprint density at radius 3 is 2.20 bits per heavy atom. The van der Waals surface area contributed by atoms with Gasteiger partial charge in [0.25, 0.3) is 0 Å². The standard InChI is InChI=1S/C24H34F2O4/c1-3-14-24(15-12-18(13-16-24)17-8-6-5-7-9-17)30-23(27)29-20-11-10-19(28-4-2)21(25)22(20)26/h10-11,17-18H,3-9,12-16H2,1-2H3. The smallest absolute Gasteiger partial charge is 0.491 e. The molecule has 1 aromatic rings. The lowest BCUT2D eigenvalue weighted by Crippen LogP contribution is -2.41. The highest BCUT2D eigenvalue weighted by Crippen LogP contribution is 2.44. The number of rotatable bonds is 7. The first-order valence-corrected chi connectivity index (χ1v) is 11.5. The van der Waals surface area contributed by atoms with Gasteiger partial charge >= 0.3 is 6.16 Å². The van der Waals surface area contributed by atoms with Crippen molar-refractivity contribution in [2.75, 3.05) is 6.61 Å². The summed E-state index contributed by atoms with van der Waals surface area (Å²) < 4.78 is 44.1. The third kappa shape index (κ3) is 5.44. The predicted octanol–water partition coefficient (Wildman–Crippen LogP) is 7.19. The molecule has 0 atom stereocenters. The summed E-state index contributed by atoms with van der Waals surface area (Å²) in [7, 11) is 0. The molecule has 0 saturated heterocycles. The third-order valence-electron chi connectivity index (χ3n) is 6.77. The van der Waals surface area contributed by atoms with Crippen LogP contribution in [0.3, 0.4) is 0 Å². The van der Waals surface area contributed by atoms with Gasteiger partial charge in [0.2, 0.25) is 11.6 Å². The molecule has 1 aromatic carbocycles. The molecule has 2 fully saturated rings. The molecule has 2 aliphatic carbocycles. The van der Waals surface area contributed by atoms with Gasteiger partial charge in [-0.2, -0.15) is 8.78 Å². The lowest BCUT2D eigenvalue weighted by Gasteiger charge is -2.42. The zero-order chi connectivity index (χ0) is 21.6. The molecular formula is C24H34F2O4. The van der Waals surface area contributed by atoms with Gasteiger partial charge in [0, 0.05) is 0 Å². The summed E-state index contributed by atoms with van der Waals surface area (Å²) in [5.41, 5.74) is -0.572. The SMILES string of the molecule is CCCC1(OC(=O)Oc2ccc(OCC)c(F)c2F)CCC(C2CCCCC2)CC1. The van der Waals surface area contributed by atoms with Crippen LogP contribution in [0.2, 0.25) is 0 Å². The Labute approximate surface area is 178 Å². The molecule has 30 heavy (non-hydrogen) atoms. The number of carbonyl (C=O) groups excluding carboxylic acids is 1. The van der Waals surface area contributed by atoms with E-state index in [-0.39, 0.29) is 12.4 Å². The van der Waals surface area contributed by atoms with E-state index in [1.807, 2.05) is 0 Å². The second-order valence-electron chi connectivity index (χ2n) is 8.75. The van der Waals surface area contributed by atoms with Gasteiger partial charge in [0.15, 0.2) is 11.5 Å². The first-order valence-electron chi connectivity index (χ1n) is 11.5. The Hall–Kier alpha value is -1.85. The molecule has 0 N–H and O–H groups in total. The van der Waals surface area contributed by atoms with Crippen LogP contribution in [-0.4, -0.2) is 18.4 Å². The molecule has 0 aromatic heterocycles. The summed E-state index contributed by atoms with van der Waals surface area (Å²) in [6, 6.07) is 2.44. The molecule has 0 heterocycles. The van der Waals surface area contributed by atoms with E-state index in [9.17, 15) is 13.6 Å². The van der Waals surface area contributed by atoms with Gasteiger partial charge in [0.05, 0.1) is 6.61 Å². The highest BCUT2D eigenvalue weighted by Gasteiger charge is 2.40. The van der Waals surface area contributed by atoms with Crippen molar-refractivity contribution in [3.63, 3.8) is 0 Å². The minimum Gasteiger partial charge on any atom is -0.491 e.